The number of nitro benzene ring substituents is 1. The molecule has 6 nitrogen and oxygen atoms in total. The second kappa shape index (κ2) is 6.52. The van der Waals surface area contributed by atoms with E-state index in [2.05, 4.69) is 0 Å². The first-order valence-electron chi connectivity index (χ1n) is 6.36. The van der Waals surface area contributed by atoms with E-state index in [-0.39, 0.29) is 22.9 Å². The Bertz CT molecular complexity index is 816. The molecule has 0 spiro atoms. The van der Waals surface area contributed by atoms with Gasteiger partial charge in [-0.05, 0) is 19.1 Å². The smallest absolute Gasteiger partial charge is 0.272 e. The van der Waals surface area contributed by atoms with Crippen molar-refractivity contribution in [2.45, 2.75) is 6.92 Å². The lowest BCUT2D eigenvalue weighted by Crippen LogP contribution is -2.30. The molecule has 2 rings (SSSR count). The Hall–Kier alpha value is -3.17. The lowest BCUT2D eigenvalue weighted by Gasteiger charge is -2.11. The van der Waals surface area contributed by atoms with Gasteiger partial charge in [-0.1, -0.05) is 0 Å². The van der Waals surface area contributed by atoms with Crippen molar-refractivity contribution in [2.24, 2.45) is 0 Å². The van der Waals surface area contributed by atoms with Gasteiger partial charge in [0.15, 0.2) is 23.3 Å². The number of aryl methyl sites for hydroxylation is 1. The monoisotopic (exact) mass is 343 g/mol. The van der Waals surface area contributed by atoms with Crippen molar-refractivity contribution < 1.29 is 27.3 Å². The highest BCUT2D eigenvalue weighted by atomic mass is 19.2. The third-order valence-electron chi connectivity index (χ3n) is 3.07. The average Bonchev–Trinajstić information content (AvgIpc) is 2.52. The maximum absolute atomic E-state index is 13.4. The number of carbonyl (C=O) groups excluding carboxylic acids is 1. The molecule has 0 aromatic heterocycles. The van der Waals surface area contributed by atoms with Gasteiger partial charge >= 0.3 is 0 Å². The number of anilines is 1. The van der Waals surface area contributed by atoms with Gasteiger partial charge in [0.2, 0.25) is 0 Å². The fourth-order valence-corrected chi connectivity index (χ4v) is 1.88. The minimum Gasteiger partial charge on any atom is -0.293 e. The molecule has 0 bridgehead atoms. The van der Waals surface area contributed by atoms with Crippen molar-refractivity contribution in [3.8, 4) is 0 Å². The summed E-state index contributed by atoms with van der Waals surface area (Å²) in [5.41, 5.74) is 2.30. The lowest BCUT2D eigenvalue weighted by atomic mass is 10.1. The van der Waals surface area contributed by atoms with Crippen LogP contribution in [-0.4, -0.2) is 10.8 Å². The summed E-state index contributed by atoms with van der Waals surface area (Å²) in [4.78, 5) is 21.9. The molecule has 0 fully saturated rings. The molecule has 0 aliphatic carbocycles. The van der Waals surface area contributed by atoms with Gasteiger partial charge in [-0.2, -0.15) is 0 Å². The fraction of sp³-hybridized carbons (Fsp3) is 0.0714. The third-order valence-corrected chi connectivity index (χ3v) is 3.07. The summed E-state index contributed by atoms with van der Waals surface area (Å²) in [6.07, 6.45) is 0. The molecule has 0 aliphatic heterocycles. The molecular formula is C14H9F4N3O3. The van der Waals surface area contributed by atoms with E-state index in [1.165, 1.54) is 13.0 Å². The van der Waals surface area contributed by atoms with Gasteiger partial charge in [0.1, 0.15) is 5.69 Å². The minimum absolute atomic E-state index is 0.0252. The third kappa shape index (κ3) is 3.26. The van der Waals surface area contributed by atoms with Crippen molar-refractivity contribution >= 4 is 17.3 Å². The number of nitro groups is 1. The molecule has 0 radical (unpaired) electrons. The number of amides is 1. The zero-order chi connectivity index (χ0) is 18.0. The van der Waals surface area contributed by atoms with Crippen LogP contribution in [0.15, 0.2) is 24.3 Å². The van der Waals surface area contributed by atoms with E-state index in [1.807, 2.05) is 5.43 Å². The molecule has 2 aromatic carbocycles. The molecule has 24 heavy (non-hydrogen) atoms. The highest BCUT2D eigenvalue weighted by Gasteiger charge is 2.20. The molecule has 2 N–H and O–H groups in total. The number of hydrogen-bond acceptors (Lipinski definition) is 4. The first kappa shape index (κ1) is 17.2. The number of rotatable bonds is 4. The van der Waals surface area contributed by atoms with Crippen LogP contribution in [0.25, 0.3) is 0 Å². The number of hydrazine groups is 1. The van der Waals surface area contributed by atoms with Crippen molar-refractivity contribution in [3.63, 3.8) is 0 Å². The van der Waals surface area contributed by atoms with E-state index in [9.17, 15) is 32.5 Å². The molecule has 0 unspecified atom stereocenters. The Morgan fingerprint density at radius 2 is 1.67 bits per heavy atom. The second-order valence-corrected chi connectivity index (χ2v) is 4.68. The van der Waals surface area contributed by atoms with Crippen molar-refractivity contribution in [1.29, 1.82) is 0 Å². The minimum atomic E-state index is -1.71. The molecule has 1 amide bonds. The summed E-state index contributed by atoms with van der Waals surface area (Å²) in [7, 11) is 0. The number of carbonyl (C=O) groups is 1. The Balaban J connectivity index is 2.20. The summed E-state index contributed by atoms with van der Waals surface area (Å²) in [6.45, 7) is 1.39. The fourth-order valence-electron chi connectivity index (χ4n) is 1.88. The summed E-state index contributed by atoms with van der Waals surface area (Å²) in [5, 5.41) is 10.7. The van der Waals surface area contributed by atoms with Gasteiger partial charge in [0.25, 0.3) is 11.6 Å². The van der Waals surface area contributed by atoms with Crippen LogP contribution in [0.3, 0.4) is 0 Å². The zero-order valence-corrected chi connectivity index (χ0v) is 12.0. The molecule has 0 atom stereocenters. The average molecular weight is 343 g/mol. The summed E-state index contributed by atoms with van der Waals surface area (Å²) in [5.74, 6) is -7.63. The van der Waals surface area contributed by atoms with E-state index < -0.39 is 39.8 Å². The number of halogens is 4. The zero-order valence-electron chi connectivity index (χ0n) is 12.0. The maximum atomic E-state index is 13.4. The molecule has 0 aliphatic rings. The van der Waals surface area contributed by atoms with Crippen LogP contribution in [0.4, 0.5) is 28.9 Å². The second-order valence-electron chi connectivity index (χ2n) is 4.68. The standard InChI is InChI=1S/C14H9F4N3O3/c1-6-4-7(2-3-10(6)21(23)24)14(22)20-19-13-11(17)8(15)5-9(16)12(13)18/h2-5,19H,1H3,(H,20,22). The summed E-state index contributed by atoms with van der Waals surface area (Å²) >= 11 is 0. The number of nitrogens with zero attached hydrogens (tertiary/aromatic N) is 1. The molecule has 10 heteroatoms. The Morgan fingerprint density at radius 1 is 1.08 bits per heavy atom. The van der Waals surface area contributed by atoms with E-state index in [0.717, 1.165) is 12.1 Å². The highest BCUT2D eigenvalue weighted by Crippen LogP contribution is 2.23. The predicted molar refractivity (Wildman–Crippen MR) is 75.2 cm³/mol. The van der Waals surface area contributed by atoms with E-state index in [0.29, 0.717) is 0 Å². The summed E-state index contributed by atoms with van der Waals surface area (Å²) in [6, 6.07) is 3.39. The number of hydrogen-bond donors (Lipinski definition) is 2. The van der Waals surface area contributed by atoms with Crippen molar-refractivity contribution in [3.05, 3.63) is 68.8 Å². The molecular weight excluding hydrogens is 334 g/mol. The highest BCUT2D eigenvalue weighted by molar-refractivity contribution is 5.95. The molecule has 2 aromatic rings. The summed E-state index contributed by atoms with van der Waals surface area (Å²) < 4.78 is 52.9. The van der Waals surface area contributed by atoms with Gasteiger partial charge in [-0.25, -0.2) is 17.6 Å². The van der Waals surface area contributed by atoms with Crippen LogP contribution in [0, 0.1) is 40.3 Å². The molecule has 0 heterocycles. The van der Waals surface area contributed by atoms with E-state index in [4.69, 9.17) is 0 Å². The van der Waals surface area contributed by atoms with Crippen LogP contribution < -0.4 is 10.9 Å². The molecule has 0 saturated heterocycles. The Morgan fingerprint density at radius 3 is 2.17 bits per heavy atom. The normalized spacial score (nSPS) is 10.4. The Kier molecular flexibility index (Phi) is 4.67. The van der Waals surface area contributed by atoms with Crippen LogP contribution in [0.2, 0.25) is 0 Å². The van der Waals surface area contributed by atoms with Crippen LogP contribution in [0.5, 0.6) is 0 Å². The number of benzene rings is 2. The van der Waals surface area contributed by atoms with E-state index in [1.54, 1.807) is 5.43 Å². The number of nitrogens with one attached hydrogen (secondary N) is 2. The van der Waals surface area contributed by atoms with Gasteiger partial charge in [-0.3, -0.25) is 25.8 Å². The molecule has 126 valence electrons. The maximum Gasteiger partial charge on any atom is 0.272 e. The largest absolute Gasteiger partial charge is 0.293 e. The SMILES string of the molecule is Cc1cc(C(=O)NNc2c(F)c(F)cc(F)c2F)ccc1[N+](=O)[O-]. The van der Waals surface area contributed by atoms with Gasteiger partial charge < -0.3 is 0 Å². The van der Waals surface area contributed by atoms with Crippen LogP contribution in [0.1, 0.15) is 15.9 Å². The van der Waals surface area contributed by atoms with Gasteiger partial charge in [-0.15, -0.1) is 0 Å². The predicted octanol–water partition coefficient (Wildman–Crippen LogP) is 3.22. The quantitative estimate of drug-likeness (QED) is 0.386. The Labute approximate surface area is 132 Å². The molecule has 0 saturated carbocycles. The lowest BCUT2D eigenvalue weighted by molar-refractivity contribution is -0.385. The van der Waals surface area contributed by atoms with Crippen molar-refractivity contribution in [1.82, 2.24) is 5.43 Å². The topological polar surface area (TPSA) is 84.3 Å². The van der Waals surface area contributed by atoms with Crippen molar-refractivity contribution in [2.75, 3.05) is 5.43 Å². The first-order valence-corrected chi connectivity index (χ1v) is 6.36. The first-order chi connectivity index (χ1) is 11.2. The van der Waals surface area contributed by atoms with Gasteiger partial charge in [0, 0.05) is 23.3 Å². The van der Waals surface area contributed by atoms with Crippen LogP contribution in [-0.2, 0) is 0 Å². The van der Waals surface area contributed by atoms with Crippen LogP contribution >= 0.6 is 0 Å². The van der Waals surface area contributed by atoms with Gasteiger partial charge in [0.05, 0.1) is 4.92 Å². The van der Waals surface area contributed by atoms with E-state index >= 15 is 0 Å².